The molecule has 1 atom stereocenters. The van der Waals surface area contributed by atoms with E-state index in [1.807, 2.05) is 6.08 Å². The number of allylic oxidation sites excluding steroid dienone is 7. The van der Waals surface area contributed by atoms with Crippen LogP contribution < -0.4 is 10.6 Å². The molecule has 0 saturated heterocycles. The molecule has 2 aliphatic carbocycles. The van der Waals surface area contributed by atoms with E-state index in [1.54, 1.807) is 11.1 Å². The van der Waals surface area contributed by atoms with Gasteiger partial charge in [-0.1, -0.05) is 54.7 Å². The summed E-state index contributed by atoms with van der Waals surface area (Å²) in [4.78, 5) is 0. The number of fused-ring (bicyclic) bond motifs is 2. The lowest BCUT2D eigenvalue weighted by Crippen LogP contribution is -2.26. The van der Waals surface area contributed by atoms with Crippen LogP contribution in [0.2, 0.25) is 0 Å². The summed E-state index contributed by atoms with van der Waals surface area (Å²) in [6.07, 6.45) is 15.4. The van der Waals surface area contributed by atoms with Crippen molar-refractivity contribution in [3.8, 4) is 0 Å². The van der Waals surface area contributed by atoms with Crippen LogP contribution in [0, 0.1) is 0 Å². The van der Waals surface area contributed by atoms with Crippen molar-refractivity contribution in [2.24, 2.45) is 0 Å². The zero-order valence-electron chi connectivity index (χ0n) is 16.6. The molecule has 0 radical (unpaired) electrons. The Bertz CT molecular complexity index is 882. The Hall–Kier alpha value is -2.48. The van der Waals surface area contributed by atoms with Gasteiger partial charge < -0.3 is 10.6 Å². The van der Waals surface area contributed by atoms with Crippen LogP contribution in [0.4, 0.5) is 5.69 Å². The van der Waals surface area contributed by atoms with Crippen molar-refractivity contribution < 1.29 is 0 Å². The van der Waals surface area contributed by atoms with Gasteiger partial charge in [0.05, 0.1) is 6.54 Å². The first-order valence-electron chi connectivity index (χ1n) is 10.1. The zero-order valence-corrected chi connectivity index (χ0v) is 16.6. The van der Waals surface area contributed by atoms with Gasteiger partial charge in [0, 0.05) is 23.3 Å². The Morgan fingerprint density at radius 2 is 2.07 bits per heavy atom. The van der Waals surface area contributed by atoms with Crippen molar-refractivity contribution in [1.82, 2.24) is 5.32 Å². The van der Waals surface area contributed by atoms with Gasteiger partial charge in [-0.05, 0) is 67.9 Å². The van der Waals surface area contributed by atoms with Gasteiger partial charge in [0.15, 0.2) is 0 Å². The lowest BCUT2D eigenvalue weighted by molar-refractivity contribution is 0.494. The lowest BCUT2D eigenvalue weighted by Gasteiger charge is -2.30. The molecule has 0 saturated carbocycles. The van der Waals surface area contributed by atoms with Crippen molar-refractivity contribution in [3.05, 3.63) is 88.7 Å². The molecular weight excluding hydrogens is 328 g/mol. The fourth-order valence-electron chi connectivity index (χ4n) is 5.09. The minimum atomic E-state index is 0.211. The van der Waals surface area contributed by atoms with Crippen molar-refractivity contribution in [2.75, 3.05) is 18.4 Å². The molecule has 1 aromatic carbocycles. The molecule has 0 fully saturated rings. The van der Waals surface area contributed by atoms with Gasteiger partial charge in [-0.25, -0.2) is 0 Å². The normalized spacial score (nSPS) is 24.1. The van der Waals surface area contributed by atoms with Crippen molar-refractivity contribution in [2.45, 2.75) is 44.9 Å². The zero-order chi connectivity index (χ0) is 18.9. The van der Waals surface area contributed by atoms with E-state index in [0.717, 1.165) is 13.1 Å². The van der Waals surface area contributed by atoms with E-state index in [2.05, 4.69) is 73.6 Å². The van der Waals surface area contributed by atoms with E-state index in [4.69, 9.17) is 0 Å². The summed E-state index contributed by atoms with van der Waals surface area (Å²) in [5.41, 5.74) is 10.3. The molecular formula is C25H30N2. The highest BCUT2D eigenvalue weighted by Gasteiger charge is 2.45. The SMILES string of the molecule is C=C/C=C\C1=C(C)[C@@]2(CC1)CCc1cccc(NCC3=C(C)C=CCN3)c12. The molecule has 3 aliphatic rings. The van der Waals surface area contributed by atoms with Crippen LogP contribution in [0.1, 0.15) is 44.2 Å². The fourth-order valence-corrected chi connectivity index (χ4v) is 5.09. The molecule has 2 nitrogen and oxygen atoms in total. The van der Waals surface area contributed by atoms with Crippen LogP contribution in [0.25, 0.3) is 0 Å². The lowest BCUT2D eigenvalue weighted by atomic mass is 9.75. The highest BCUT2D eigenvalue weighted by molar-refractivity contribution is 5.65. The first-order valence-corrected chi connectivity index (χ1v) is 10.1. The van der Waals surface area contributed by atoms with Gasteiger partial charge in [-0.2, -0.15) is 0 Å². The molecule has 1 spiro atoms. The maximum absolute atomic E-state index is 3.83. The van der Waals surface area contributed by atoms with E-state index < -0.39 is 0 Å². The van der Waals surface area contributed by atoms with Crippen molar-refractivity contribution in [1.29, 1.82) is 0 Å². The Morgan fingerprint density at radius 1 is 1.22 bits per heavy atom. The summed E-state index contributed by atoms with van der Waals surface area (Å²) in [5, 5.41) is 7.27. The third kappa shape index (κ3) is 3.07. The number of nitrogens with one attached hydrogen (secondary N) is 2. The summed E-state index contributed by atoms with van der Waals surface area (Å²) in [6, 6.07) is 6.81. The second-order valence-electron chi connectivity index (χ2n) is 7.97. The fraction of sp³-hybridized carbons (Fsp3) is 0.360. The Balaban J connectivity index is 1.67. The maximum Gasteiger partial charge on any atom is 0.0550 e. The molecule has 4 rings (SSSR count). The van der Waals surface area contributed by atoms with E-state index in [-0.39, 0.29) is 5.41 Å². The quantitative estimate of drug-likeness (QED) is 0.673. The number of anilines is 1. The number of benzene rings is 1. The number of hydrogen-bond acceptors (Lipinski definition) is 2. The van der Waals surface area contributed by atoms with Gasteiger partial charge in [-0.3, -0.25) is 0 Å². The average molecular weight is 359 g/mol. The molecule has 1 aliphatic heterocycles. The molecule has 0 bridgehead atoms. The van der Waals surface area contributed by atoms with Gasteiger partial charge in [-0.15, -0.1) is 0 Å². The molecule has 0 aromatic heterocycles. The van der Waals surface area contributed by atoms with Crippen LogP contribution in [0.15, 0.2) is 77.6 Å². The predicted molar refractivity (Wildman–Crippen MR) is 116 cm³/mol. The Kier molecular flexibility index (Phi) is 4.82. The molecule has 140 valence electrons. The van der Waals surface area contributed by atoms with E-state index in [1.165, 1.54) is 53.8 Å². The highest BCUT2D eigenvalue weighted by atomic mass is 15.0. The topological polar surface area (TPSA) is 24.1 Å². The molecule has 1 aromatic rings. The first-order chi connectivity index (χ1) is 13.2. The second-order valence-corrected chi connectivity index (χ2v) is 7.97. The summed E-state index contributed by atoms with van der Waals surface area (Å²) >= 11 is 0. The molecule has 0 amide bonds. The van der Waals surface area contributed by atoms with Gasteiger partial charge in [0.25, 0.3) is 0 Å². The van der Waals surface area contributed by atoms with Gasteiger partial charge >= 0.3 is 0 Å². The van der Waals surface area contributed by atoms with Gasteiger partial charge in [0.2, 0.25) is 0 Å². The molecule has 0 unspecified atom stereocenters. The van der Waals surface area contributed by atoms with E-state index in [9.17, 15) is 0 Å². The number of dihydropyridines is 1. The summed E-state index contributed by atoms with van der Waals surface area (Å²) in [5.74, 6) is 0. The third-order valence-electron chi connectivity index (χ3n) is 6.64. The first kappa shape index (κ1) is 17.9. The standard InChI is InChI=1S/C25H30N2/c1-4-5-9-20-12-14-25(19(20)3)15-13-21-10-6-11-22(24(21)25)27-17-23-18(2)8-7-16-26-23/h4-11,26-27H,1,12-17H2,2-3H3/b9-5-/t25-/m1/s1. The second kappa shape index (κ2) is 7.26. The van der Waals surface area contributed by atoms with Crippen LogP contribution >= 0.6 is 0 Å². The monoisotopic (exact) mass is 358 g/mol. The molecule has 2 N–H and O–H groups in total. The smallest absolute Gasteiger partial charge is 0.0550 e. The highest BCUT2D eigenvalue weighted by Crippen LogP contribution is 2.55. The predicted octanol–water partition coefficient (Wildman–Crippen LogP) is 5.57. The van der Waals surface area contributed by atoms with Crippen LogP contribution in [-0.4, -0.2) is 13.1 Å². The van der Waals surface area contributed by atoms with Crippen LogP contribution in [0.5, 0.6) is 0 Å². The molecule has 1 heterocycles. The third-order valence-corrected chi connectivity index (χ3v) is 6.64. The number of rotatable bonds is 5. The van der Waals surface area contributed by atoms with Gasteiger partial charge in [0.1, 0.15) is 0 Å². The van der Waals surface area contributed by atoms with Crippen LogP contribution in [-0.2, 0) is 11.8 Å². The van der Waals surface area contributed by atoms with Crippen molar-refractivity contribution in [3.63, 3.8) is 0 Å². The summed E-state index contributed by atoms with van der Waals surface area (Å²) in [7, 11) is 0. The maximum atomic E-state index is 3.83. The minimum Gasteiger partial charge on any atom is -0.383 e. The average Bonchev–Trinajstić information content (AvgIpc) is 3.22. The van der Waals surface area contributed by atoms with E-state index >= 15 is 0 Å². The van der Waals surface area contributed by atoms with Crippen LogP contribution in [0.3, 0.4) is 0 Å². The minimum absolute atomic E-state index is 0.211. The number of aryl methyl sites for hydroxylation is 1. The largest absolute Gasteiger partial charge is 0.383 e. The Morgan fingerprint density at radius 3 is 2.89 bits per heavy atom. The molecule has 2 heteroatoms. The van der Waals surface area contributed by atoms with Crippen molar-refractivity contribution >= 4 is 5.69 Å². The number of hydrogen-bond donors (Lipinski definition) is 2. The summed E-state index contributed by atoms with van der Waals surface area (Å²) < 4.78 is 0. The molecule has 27 heavy (non-hydrogen) atoms. The van der Waals surface area contributed by atoms with E-state index in [0.29, 0.717) is 0 Å². The summed E-state index contributed by atoms with van der Waals surface area (Å²) in [6.45, 7) is 10.1. The Labute approximate surface area is 163 Å².